The monoisotopic (exact) mass is 336 g/mol. The van der Waals surface area contributed by atoms with Gasteiger partial charge in [-0.3, -0.25) is 0 Å². The fraction of sp³-hybridized carbons (Fsp3) is 0.188. The van der Waals surface area contributed by atoms with Crippen molar-refractivity contribution in [2.45, 2.75) is 11.0 Å². The molecule has 0 N–H and O–H groups in total. The van der Waals surface area contributed by atoms with E-state index in [2.05, 4.69) is 4.74 Å². The lowest BCUT2D eigenvalue weighted by Crippen LogP contribution is -2.16. The summed E-state index contributed by atoms with van der Waals surface area (Å²) in [6.07, 6.45) is -0.956. The number of carbonyl (C=O) groups excluding carboxylic acids is 1. The van der Waals surface area contributed by atoms with E-state index in [0.29, 0.717) is 5.56 Å². The van der Waals surface area contributed by atoms with Crippen LogP contribution in [-0.4, -0.2) is 28.6 Å². The minimum absolute atomic E-state index is 0.0432. The SMILES string of the molecule is COC(=O)C(OC)c1cccc(OS(=O)(=O)c2ccccc2)c1. The third kappa shape index (κ3) is 4.08. The summed E-state index contributed by atoms with van der Waals surface area (Å²) in [5.74, 6) is -0.507. The van der Waals surface area contributed by atoms with E-state index in [-0.39, 0.29) is 10.6 Å². The zero-order valence-corrected chi connectivity index (χ0v) is 13.4. The first kappa shape index (κ1) is 17.0. The molecule has 23 heavy (non-hydrogen) atoms. The topological polar surface area (TPSA) is 78.9 Å². The first-order chi connectivity index (χ1) is 11.0. The van der Waals surface area contributed by atoms with Gasteiger partial charge in [0.15, 0.2) is 6.10 Å². The van der Waals surface area contributed by atoms with Crippen LogP contribution < -0.4 is 4.18 Å². The second-order valence-corrected chi connectivity index (χ2v) is 6.11. The molecule has 0 spiro atoms. The van der Waals surface area contributed by atoms with Crippen molar-refractivity contribution in [3.05, 3.63) is 60.2 Å². The van der Waals surface area contributed by atoms with Crippen molar-refractivity contribution >= 4 is 16.1 Å². The predicted octanol–water partition coefficient (Wildman–Crippen LogP) is 2.31. The molecule has 0 amide bonds. The Morgan fingerprint density at radius 1 is 1.00 bits per heavy atom. The fourth-order valence-electron chi connectivity index (χ4n) is 1.97. The standard InChI is InChI=1S/C16H16O6S/c1-20-15(16(17)21-2)12-7-6-8-13(11-12)22-23(18,19)14-9-4-3-5-10-14/h3-11,15H,1-2H3. The average molecular weight is 336 g/mol. The molecule has 2 aromatic carbocycles. The maximum Gasteiger partial charge on any atom is 0.339 e. The van der Waals surface area contributed by atoms with E-state index in [1.165, 1.54) is 38.5 Å². The number of esters is 1. The highest BCUT2D eigenvalue weighted by molar-refractivity contribution is 7.87. The van der Waals surface area contributed by atoms with Gasteiger partial charge in [0.25, 0.3) is 0 Å². The summed E-state index contributed by atoms with van der Waals surface area (Å²) in [5, 5.41) is 0. The molecule has 0 aromatic heterocycles. The molecular weight excluding hydrogens is 320 g/mol. The Kier molecular flexibility index (Phi) is 5.36. The van der Waals surface area contributed by atoms with Gasteiger partial charge < -0.3 is 13.7 Å². The summed E-state index contributed by atoms with van der Waals surface area (Å²) in [5.41, 5.74) is 0.431. The summed E-state index contributed by atoms with van der Waals surface area (Å²) in [4.78, 5) is 11.7. The van der Waals surface area contributed by atoms with Crippen molar-refractivity contribution < 1.29 is 26.9 Å². The van der Waals surface area contributed by atoms with Crippen molar-refractivity contribution in [2.24, 2.45) is 0 Å². The molecule has 122 valence electrons. The summed E-state index contributed by atoms with van der Waals surface area (Å²) in [7, 11) is -1.34. The minimum Gasteiger partial charge on any atom is -0.467 e. The van der Waals surface area contributed by atoms with Gasteiger partial charge >= 0.3 is 16.1 Å². The number of benzene rings is 2. The highest BCUT2D eigenvalue weighted by Crippen LogP contribution is 2.25. The van der Waals surface area contributed by atoms with Gasteiger partial charge in [-0.2, -0.15) is 8.42 Å². The first-order valence-corrected chi connectivity index (χ1v) is 8.09. The Bertz CT molecular complexity index is 770. The van der Waals surface area contributed by atoms with Gasteiger partial charge in [-0.15, -0.1) is 0 Å². The number of hydrogen-bond acceptors (Lipinski definition) is 6. The van der Waals surface area contributed by atoms with Crippen molar-refractivity contribution in [3.63, 3.8) is 0 Å². The lowest BCUT2D eigenvalue weighted by molar-refractivity contribution is -0.152. The number of carbonyl (C=O) groups is 1. The highest BCUT2D eigenvalue weighted by Gasteiger charge is 2.22. The normalized spacial score (nSPS) is 12.4. The molecule has 7 heteroatoms. The van der Waals surface area contributed by atoms with E-state index in [9.17, 15) is 13.2 Å². The summed E-state index contributed by atoms with van der Waals surface area (Å²) in [6, 6.07) is 13.9. The van der Waals surface area contributed by atoms with E-state index >= 15 is 0 Å². The molecule has 0 aliphatic heterocycles. The molecule has 0 aliphatic carbocycles. The molecule has 0 aliphatic rings. The molecule has 2 aromatic rings. The Morgan fingerprint density at radius 3 is 2.30 bits per heavy atom. The molecule has 6 nitrogen and oxygen atoms in total. The zero-order valence-electron chi connectivity index (χ0n) is 12.6. The maximum atomic E-state index is 12.2. The van der Waals surface area contributed by atoms with Crippen LogP contribution in [0.25, 0.3) is 0 Å². The van der Waals surface area contributed by atoms with Crippen LogP contribution >= 0.6 is 0 Å². The largest absolute Gasteiger partial charge is 0.467 e. The fourth-order valence-corrected chi connectivity index (χ4v) is 2.91. The molecule has 0 heterocycles. The minimum atomic E-state index is -3.95. The molecular formula is C16H16O6S. The quantitative estimate of drug-likeness (QED) is 0.595. The maximum absolute atomic E-state index is 12.2. The van der Waals surface area contributed by atoms with E-state index in [1.807, 2.05) is 0 Å². The molecule has 2 rings (SSSR count). The Hall–Kier alpha value is -2.38. The third-order valence-corrected chi connectivity index (χ3v) is 4.31. The van der Waals surface area contributed by atoms with Crippen LogP contribution in [0.3, 0.4) is 0 Å². The molecule has 0 saturated heterocycles. The van der Waals surface area contributed by atoms with Gasteiger partial charge in [-0.05, 0) is 29.8 Å². The molecule has 0 bridgehead atoms. The number of hydrogen-bond donors (Lipinski definition) is 0. The van der Waals surface area contributed by atoms with E-state index in [4.69, 9.17) is 8.92 Å². The van der Waals surface area contributed by atoms with Crippen LogP contribution in [-0.2, 0) is 24.4 Å². The van der Waals surface area contributed by atoms with Crippen LogP contribution in [0, 0.1) is 0 Å². The van der Waals surface area contributed by atoms with E-state index < -0.39 is 22.2 Å². The van der Waals surface area contributed by atoms with Gasteiger partial charge in [0.1, 0.15) is 10.6 Å². The number of methoxy groups -OCH3 is 2. The smallest absolute Gasteiger partial charge is 0.339 e. The highest BCUT2D eigenvalue weighted by atomic mass is 32.2. The Balaban J connectivity index is 2.29. The van der Waals surface area contributed by atoms with Crippen LogP contribution in [0.2, 0.25) is 0 Å². The average Bonchev–Trinajstić information content (AvgIpc) is 2.56. The van der Waals surface area contributed by atoms with Crippen LogP contribution in [0.15, 0.2) is 59.5 Å². The van der Waals surface area contributed by atoms with Crippen molar-refractivity contribution in [1.82, 2.24) is 0 Å². The van der Waals surface area contributed by atoms with Gasteiger partial charge in [0.2, 0.25) is 0 Å². The molecule has 1 atom stereocenters. The Morgan fingerprint density at radius 2 is 1.70 bits per heavy atom. The molecule has 0 saturated carbocycles. The van der Waals surface area contributed by atoms with Gasteiger partial charge in [0.05, 0.1) is 7.11 Å². The number of ether oxygens (including phenoxy) is 2. The second-order valence-electron chi connectivity index (χ2n) is 4.56. The molecule has 0 radical (unpaired) electrons. The van der Waals surface area contributed by atoms with Crippen molar-refractivity contribution in [1.29, 1.82) is 0 Å². The predicted molar refractivity (Wildman–Crippen MR) is 82.5 cm³/mol. The zero-order chi connectivity index (χ0) is 16.9. The summed E-state index contributed by atoms with van der Waals surface area (Å²) < 4.78 is 39.2. The molecule has 1 unspecified atom stereocenters. The van der Waals surface area contributed by atoms with E-state index in [0.717, 1.165) is 0 Å². The first-order valence-electron chi connectivity index (χ1n) is 6.68. The Labute approximate surface area is 134 Å². The van der Waals surface area contributed by atoms with Crippen LogP contribution in [0.1, 0.15) is 11.7 Å². The second kappa shape index (κ2) is 7.26. The lowest BCUT2D eigenvalue weighted by atomic mass is 10.1. The molecule has 0 fully saturated rings. The lowest BCUT2D eigenvalue weighted by Gasteiger charge is -2.14. The summed E-state index contributed by atoms with van der Waals surface area (Å²) >= 11 is 0. The summed E-state index contributed by atoms with van der Waals surface area (Å²) in [6.45, 7) is 0. The van der Waals surface area contributed by atoms with Crippen LogP contribution in [0.4, 0.5) is 0 Å². The van der Waals surface area contributed by atoms with E-state index in [1.54, 1.807) is 30.3 Å². The number of rotatable bonds is 6. The van der Waals surface area contributed by atoms with Crippen LogP contribution in [0.5, 0.6) is 5.75 Å². The van der Waals surface area contributed by atoms with Gasteiger partial charge in [-0.1, -0.05) is 30.3 Å². The van der Waals surface area contributed by atoms with Gasteiger partial charge in [0, 0.05) is 7.11 Å². The van der Waals surface area contributed by atoms with Gasteiger partial charge in [-0.25, -0.2) is 4.79 Å². The van der Waals surface area contributed by atoms with Crippen molar-refractivity contribution in [2.75, 3.05) is 14.2 Å². The van der Waals surface area contributed by atoms with Crippen molar-refractivity contribution in [3.8, 4) is 5.75 Å². The third-order valence-electron chi connectivity index (χ3n) is 3.05.